The highest BCUT2D eigenvalue weighted by molar-refractivity contribution is 5.73. The van der Waals surface area contributed by atoms with Crippen molar-refractivity contribution >= 4 is 5.97 Å². The Balaban J connectivity index is 3.10. The van der Waals surface area contributed by atoms with Crippen molar-refractivity contribution in [3.63, 3.8) is 0 Å². The van der Waals surface area contributed by atoms with Crippen LogP contribution in [0.4, 0.5) is 0 Å². The molecule has 0 aromatic heterocycles. The van der Waals surface area contributed by atoms with E-state index in [0.717, 1.165) is 12.1 Å². The monoisotopic (exact) mass is 199 g/mol. The normalized spacial score (nSPS) is 18.9. The second kappa shape index (κ2) is 3.97. The van der Waals surface area contributed by atoms with E-state index in [-0.39, 0.29) is 11.3 Å². The van der Waals surface area contributed by atoms with Crippen LogP contribution in [0.5, 0.6) is 11.5 Å². The van der Waals surface area contributed by atoms with Gasteiger partial charge in [-0.1, -0.05) is 6.07 Å². The van der Waals surface area contributed by atoms with Crippen LogP contribution in [-0.2, 0) is 11.2 Å². The first-order chi connectivity index (χ1) is 7.26. The lowest BCUT2D eigenvalue weighted by molar-refractivity contribution is -0.138. The molecule has 0 heterocycles. The first kappa shape index (κ1) is 7.64. The summed E-state index contributed by atoms with van der Waals surface area (Å²) in [5.74, 6) is -2.52. The van der Waals surface area contributed by atoms with Gasteiger partial charge in [-0.25, -0.2) is 0 Å². The number of nitrogens with two attached hydrogens (primary N) is 1. The molecule has 0 aliphatic rings. The second-order valence-corrected chi connectivity index (χ2v) is 2.65. The smallest absolute Gasteiger partial charge is 0.320 e. The fraction of sp³-hybridized carbons (Fsp3) is 0.222. The number of carboxylic acids is 1. The summed E-state index contributed by atoms with van der Waals surface area (Å²) in [6.45, 7) is 0. The first-order valence-corrected chi connectivity index (χ1v) is 3.73. The van der Waals surface area contributed by atoms with Crippen molar-refractivity contribution in [2.45, 2.75) is 12.4 Å². The molecule has 5 N–H and O–H groups in total. The largest absolute Gasteiger partial charge is 0.504 e. The van der Waals surface area contributed by atoms with Gasteiger partial charge in [0.05, 0.1) is 1.37 Å². The predicted octanol–water partition coefficient (Wildman–Crippen LogP) is 0.0522. The Morgan fingerprint density at radius 3 is 2.71 bits per heavy atom. The summed E-state index contributed by atoms with van der Waals surface area (Å²) in [4.78, 5) is 10.6. The number of carbonyl (C=O) groups is 1. The van der Waals surface area contributed by atoms with E-state index >= 15 is 0 Å². The molecule has 0 bridgehead atoms. The third-order valence-electron chi connectivity index (χ3n) is 1.57. The fourth-order valence-corrected chi connectivity index (χ4v) is 0.872. The zero-order valence-corrected chi connectivity index (χ0v) is 7.14. The Bertz CT molecular complexity index is 422. The molecule has 2 atom stereocenters. The molecule has 14 heavy (non-hydrogen) atoms. The van der Waals surface area contributed by atoms with Gasteiger partial charge in [0.15, 0.2) is 11.5 Å². The summed E-state index contributed by atoms with van der Waals surface area (Å²) in [7, 11) is 0. The maximum Gasteiger partial charge on any atom is 0.320 e. The number of hydrogen-bond acceptors (Lipinski definition) is 4. The molecule has 5 nitrogen and oxygen atoms in total. The van der Waals surface area contributed by atoms with Gasteiger partial charge in [-0.15, -0.1) is 0 Å². The van der Waals surface area contributed by atoms with Crippen LogP contribution >= 0.6 is 0 Å². The van der Waals surface area contributed by atoms with E-state index in [4.69, 9.17) is 18.7 Å². The summed E-state index contributed by atoms with van der Waals surface area (Å²) >= 11 is 0. The molecule has 0 saturated heterocycles. The maximum absolute atomic E-state index is 10.6. The Labute approximate surface area is 83.2 Å². The highest BCUT2D eigenvalue weighted by Crippen LogP contribution is 2.25. The van der Waals surface area contributed by atoms with Crippen LogP contribution in [-0.4, -0.2) is 27.3 Å². The maximum atomic E-state index is 10.6. The van der Waals surface area contributed by atoms with Gasteiger partial charge in [-0.05, 0) is 24.1 Å². The molecule has 0 spiro atoms. The van der Waals surface area contributed by atoms with Gasteiger partial charge in [0.1, 0.15) is 6.02 Å². The van der Waals surface area contributed by atoms with E-state index < -0.39 is 24.1 Å². The summed E-state index contributed by atoms with van der Waals surface area (Å²) in [5.41, 5.74) is 5.20. The highest BCUT2D eigenvalue weighted by Gasteiger charge is 2.12. The van der Waals surface area contributed by atoms with Crippen molar-refractivity contribution in [1.29, 1.82) is 0 Å². The quantitative estimate of drug-likeness (QED) is 0.515. The van der Waals surface area contributed by atoms with Crippen molar-refractivity contribution in [2.24, 2.45) is 5.73 Å². The van der Waals surface area contributed by atoms with E-state index in [2.05, 4.69) is 0 Å². The Morgan fingerprint density at radius 1 is 1.57 bits per heavy atom. The summed E-state index contributed by atoms with van der Waals surface area (Å²) in [6.07, 6.45) is -1.57. The first-order valence-electron chi connectivity index (χ1n) is 4.81. The van der Waals surface area contributed by atoms with Gasteiger partial charge in [-0.2, -0.15) is 0 Å². The minimum atomic E-state index is -2.51. The average molecular weight is 199 g/mol. The van der Waals surface area contributed by atoms with Crippen molar-refractivity contribution in [3.8, 4) is 11.5 Å². The third kappa shape index (κ3) is 2.37. The number of phenols is 2. The molecule has 0 radical (unpaired) electrons. The molecular formula is C9H11NO4. The van der Waals surface area contributed by atoms with Crippen molar-refractivity contribution in [2.75, 3.05) is 0 Å². The standard InChI is InChI=1S/C9H11NO4/c10-6(9(13)14)3-5-1-2-7(11)8(12)4-5/h1-2,4,6,11-12H,3,10H2,(H,13,14)/i3D,6D/t3-,6?/m0/s1. The van der Waals surface area contributed by atoms with Crippen molar-refractivity contribution in [1.82, 2.24) is 0 Å². The highest BCUT2D eigenvalue weighted by atomic mass is 16.4. The fourth-order valence-electron chi connectivity index (χ4n) is 0.872. The summed E-state index contributed by atoms with van der Waals surface area (Å²) in [5, 5.41) is 26.9. The molecule has 1 unspecified atom stereocenters. The third-order valence-corrected chi connectivity index (χ3v) is 1.57. The number of phenolic OH excluding ortho intramolecular Hbond substituents is 2. The van der Waals surface area contributed by atoms with Crippen molar-refractivity contribution < 1.29 is 22.9 Å². The SMILES string of the molecule is [2H][C@@H](c1ccc(O)c(O)c1)C([2H])(N)C(=O)O. The molecule has 5 heteroatoms. The number of benzene rings is 1. The zero-order valence-electron chi connectivity index (χ0n) is 9.14. The van der Waals surface area contributed by atoms with Crippen LogP contribution in [0.3, 0.4) is 0 Å². The van der Waals surface area contributed by atoms with Gasteiger partial charge in [0.25, 0.3) is 0 Å². The molecule has 1 rings (SSSR count). The number of rotatable bonds is 3. The Kier molecular flexibility index (Phi) is 2.17. The van der Waals surface area contributed by atoms with Gasteiger partial charge in [0, 0.05) is 1.37 Å². The zero-order chi connectivity index (χ0) is 12.5. The van der Waals surface area contributed by atoms with Crippen LogP contribution in [0.1, 0.15) is 8.30 Å². The molecule has 0 aliphatic heterocycles. The number of aromatic hydroxyl groups is 2. The average Bonchev–Trinajstić information content (AvgIpc) is 2.20. The molecule has 1 aromatic rings. The van der Waals surface area contributed by atoms with Crippen LogP contribution < -0.4 is 5.73 Å². The van der Waals surface area contributed by atoms with Crippen LogP contribution in [0.2, 0.25) is 0 Å². The molecule has 0 fully saturated rings. The minimum absolute atomic E-state index is 0.0372. The molecule has 0 aliphatic carbocycles. The lowest BCUT2D eigenvalue weighted by Crippen LogP contribution is -2.32. The predicted molar refractivity (Wildman–Crippen MR) is 49.1 cm³/mol. The van der Waals surface area contributed by atoms with Gasteiger partial charge < -0.3 is 21.1 Å². The van der Waals surface area contributed by atoms with E-state index in [0.29, 0.717) is 0 Å². The molecule has 1 aromatic carbocycles. The van der Waals surface area contributed by atoms with E-state index in [1.807, 2.05) is 0 Å². The molecular weight excluding hydrogens is 186 g/mol. The topological polar surface area (TPSA) is 104 Å². The Hall–Kier alpha value is -1.75. The molecule has 0 amide bonds. The lowest BCUT2D eigenvalue weighted by Gasteiger charge is -2.06. The lowest BCUT2D eigenvalue weighted by atomic mass is 10.1. The van der Waals surface area contributed by atoms with Gasteiger partial charge >= 0.3 is 5.97 Å². The number of carboxylic acid groups (broad SMARTS) is 1. The summed E-state index contributed by atoms with van der Waals surface area (Å²) < 4.78 is 14.8. The second-order valence-electron chi connectivity index (χ2n) is 2.65. The summed E-state index contributed by atoms with van der Waals surface area (Å²) in [6, 6.07) is 0.825. The minimum Gasteiger partial charge on any atom is -0.504 e. The van der Waals surface area contributed by atoms with Crippen LogP contribution in [0, 0.1) is 0 Å². The van der Waals surface area contributed by atoms with Crippen LogP contribution in [0.15, 0.2) is 18.2 Å². The van der Waals surface area contributed by atoms with Crippen LogP contribution in [0.25, 0.3) is 0 Å². The van der Waals surface area contributed by atoms with E-state index in [1.54, 1.807) is 0 Å². The molecule has 76 valence electrons. The Morgan fingerprint density at radius 2 is 2.21 bits per heavy atom. The molecule has 0 saturated carbocycles. The van der Waals surface area contributed by atoms with Gasteiger partial charge in [-0.3, -0.25) is 4.79 Å². The van der Waals surface area contributed by atoms with E-state index in [9.17, 15) is 9.90 Å². The number of hydrogen-bond donors (Lipinski definition) is 4. The van der Waals surface area contributed by atoms with Crippen molar-refractivity contribution in [3.05, 3.63) is 23.8 Å². The van der Waals surface area contributed by atoms with E-state index in [1.165, 1.54) is 6.07 Å². The van der Waals surface area contributed by atoms with Gasteiger partial charge in [0.2, 0.25) is 0 Å². The number of aliphatic carboxylic acids is 1.